The predicted octanol–water partition coefficient (Wildman–Crippen LogP) is 3.82. The van der Waals surface area contributed by atoms with Gasteiger partial charge in [-0.3, -0.25) is 0 Å². The van der Waals surface area contributed by atoms with Crippen molar-refractivity contribution in [3.05, 3.63) is 47.2 Å². The van der Waals surface area contributed by atoms with Crippen LogP contribution in [0.2, 0.25) is 0 Å². The summed E-state index contributed by atoms with van der Waals surface area (Å²) >= 11 is 0. The topological polar surface area (TPSA) is 81.7 Å². The number of carbonyl (C=O) groups is 1. The molecule has 9 heteroatoms. The molecule has 0 saturated heterocycles. The average Bonchev–Trinajstić information content (AvgIpc) is 2.99. The van der Waals surface area contributed by atoms with Gasteiger partial charge in [-0.05, 0) is 0 Å². The molecule has 1 aromatic rings. The summed E-state index contributed by atoms with van der Waals surface area (Å²) in [6.07, 6.45) is 0. The Morgan fingerprint density at radius 2 is 1.33 bits per heavy atom. The van der Waals surface area contributed by atoms with Gasteiger partial charge in [0.15, 0.2) is 0 Å². The van der Waals surface area contributed by atoms with Crippen LogP contribution in [0, 0.1) is 0 Å². The summed E-state index contributed by atoms with van der Waals surface area (Å²) in [5.41, 5.74) is 0.621. The first-order valence-electron chi connectivity index (χ1n) is 9.84. The van der Waals surface area contributed by atoms with Gasteiger partial charge in [-0.15, -0.1) is 0 Å². The molecule has 0 radical (unpaired) electrons. The van der Waals surface area contributed by atoms with E-state index in [1.165, 1.54) is 6.92 Å². The van der Waals surface area contributed by atoms with E-state index in [1.807, 2.05) is 30.3 Å². The summed E-state index contributed by atoms with van der Waals surface area (Å²) in [5.74, 6) is 0.301. The van der Waals surface area contributed by atoms with E-state index in [9.17, 15) is 4.79 Å². The monoisotopic (exact) mass is 444 g/mol. The summed E-state index contributed by atoms with van der Waals surface area (Å²) in [6, 6.07) is 9.52. The summed E-state index contributed by atoms with van der Waals surface area (Å²) in [5, 5.41) is 0. The Kier molecular flexibility index (Phi) is 9.37. The number of benzene rings is 1. The molecule has 0 saturated carbocycles. The standard InChI is InChI=1S/C21H33O8P/c1-17(22)20-18(2)29-30(26-14-11-23-3,27-15-12-24-4,28-16-13-25-5)21(20)19-9-7-6-8-10-19/h6-10,21H,11-16H2,1-5H3. The Labute approximate surface area is 178 Å². The van der Waals surface area contributed by atoms with Gasteiger partial charge < -0.3 is 0 Å². The van der Waals surface area contributed by atoms with Crippen LogP contribution in [0.5, 0.6) is 0 Å². The fourth-order valence-electron chi connectivity index (χ4n) is 3.51. The van der Waals surface area contributed by atoms with Crippen molar-refractivity contribution in [3.63, 3.8) is 0 Å². The molecule has 0 amide bonds. The molecule has 0 bridgehead atoms. The molecule has 1 unspecified atom stereocenters. The van der Waals surface area contributed by atoms with Crippen LogP contribution in [-0.2, 0) is 37.1 Å². The molecule has 0 aromatic heterocycles. The van der Waals surface area contributed by atoms with Gasteiger partial charge in [-0.1, -0.05) is 0 Å². The van der Waals surface area contributed by atoms with Gasteiger partial charge in [0.05, 0.1) is 0 Å². The zero-order chi connectivity index (χ0) is 22.1. The van der Waals surface area contributed by atoms with E-state index in [1.54, 1.807) is 28.3 Å². The molecule has 2 rings (SSSR count). The second kappa shape index (κ2) is 11.3. The molecule has 0 aliphatic carbocycles. The van der Waals surface area contributed by atoms with E-state index in [4.69, 9.17) is 32.3 Å². The van der Waals surface area contributed by atoms with Crippen molar-refractivity contribution in [1.29, 1.82) is 0 Å². The molecule has 0 spiro atoms. The number of Topliss-reactive ketones (excluding diaryl/α,β-unsaturated/α-hetero) is 1. The second-order valence-electron chi connectivity index (χ2n) is 6.78. The SMILES string of the molecule is COCCOP1(OCCOC)(OCCOC)OC(C)=C(C(C)=O)C1c1ccccc1. The molecular formula is C21H33O8P. The molecule has 1 aromatic carbocycles. The Hall–Kier alpha value is -1.38. The summed E-state index contributed by atoms with van der Waals surface area (Å²) in [7, 11) is 0.339. The third-order valence-electron chi connectivity index (χ3n) is 4.70. The molecule has 0 fully saturated rings. The Morgan fingerprint density at radius 3 is 1.73 bits per heavy atom. The van der Waals surface area contributed by atoms with E-state index in [0.29, 0.717) is 31.2 Å². The number of allylic oxidation sites excluding steroid dienone is 2. The molecule has 30 heavy (non-hydrogen) atoms. The molecular weight excluding hydrogens is 411 g/mol. The number of ether oxygens (including phenoxy) is 3. The van der Waals surface area contributed by atoms with Crippen LogP contribution in [-0.4, -0.2) is 66.8 Å². The van der Waals surface area contributed by atoms with Gasteiger partial charge in [0.2, 0.25) is 0 Å². The van der Waals surface area contributed by atoms with Gasteiger partial charge in [-0.2, -0.15) is 0 Å². The number of rotatable bonds is 14. The van der Waals surface area contributed by atoms with Crippen LogP contribution in [0.3, 0.4) is 0 Å². The fourth-order valence-corrected chi connectivity index (χ4v) is 7.69. The van der Waals surface area contributed by atoms with Crippen LogP contribution >= 0.6 is 7.51 Å². The zero-order valence-corrected chi connectivity index (χ0v) is 19.3. The van der Waals surface area contributed by atoms with Gasteiger partial charge in [0.25, 0.3) is 0 Å². The van der Waals surface area contributed by atoms with E-state index >= 15 is 0 Å². The zero-order valence-electron chi connectivity index (χ0n) is 18.4. The second-order valence-corrected chi connectivity index (χ2v) is 9.99. The summed E-state index contributed by atoms with van der Waals surface area (Å²) < 4.78 is 41.0. The quantitative estimate of drug-likeness (QED) is 0.316. The van der Waals surface area contributed by atoms with Crippen LogP contribution in [0.15, 0.2) is 41.7 Å². The van der Waals surface area contributed by atoms with E-state index in [0.717, 1.165) is 5.56 Å². The minimum atomic E-state index is -4.40. The fraction of sp³-hybridized carbons (Fsp3) is 0.571. The maximum atomic E-state index is 12.7. The maximum absolute atomic E-state index is 12.7. The average molecular weight is 444 g/mol. The van der Waals surface area contributed by atoms with Crippen LogP contribution in [0.1, 0.15) is 25.1 Å². The predicted molar refractivity (Wildman–Crippen MR) is 114 cm³/mol. The summed E-state index contributed by atoms with van der Waals surface area (Å²) in [4.78, 5) is 12.7. The van der Waals surface area contributed by atoms with Crippen molar-refractivity contribution in [1.82, 2.24) is 0 Å². The molecule has 1 atom stereocenters. The van der Waals surface area contributed by atoms with E-state index in [-0.39, 0.29) is 25.6 Å². The third-order valence-corrected chi connectivity index (χ3v) is 8.65. The van der Waals surface area contributed by atoms with Crippen molar-refractivity contribution in [2.24, 2.45) is 0 Å². The molecule has 1 aliphatic heterocycles. The number of ketones is 1. The number of hydrogen-bond acceptors (Lipinski definition) is 8. The van der Waals surface area contributed by atoms with Crippen molar-refractivity contribution in [2.45, 2.75) is 19.5 Å². The third kappa shape index (κ3) is 5.26. The first-order valence-corrected chi connectivity index (χ1v) is 11.8. The Bertz CT molecular complexity index is 692. The van der Waals surface area contributed by atoms with Gasteiger partial charge in [-0.25, -0.2) is 0 Å². The first-order chi connectivity index (χ1) is 14.4. The normalized spacial score (nSPS) is 21.1. The van der Waals surface area contributed by atoms with Crippen molar-refractivity contribution in [3.8, 4) is 0 Å². The number of hydrogen-bond donors (Lipinski definition) is 0. The molecule has 170 valence electrons. The van der Waals surface area contributed by atoms with E-state index < -0.39 is 13.2 Å². The number of carbonyl (C=O) groups excluding carboxylic acids is 1. The molecule has 8 nitrogen and oxygen atoms in total. The van der Waals surface area contributed by atoms with Crippen LogP contribution in [0.25, 0.3) is 0 Å². The molecule has 0 N–H and O–H groups in total. The number of methoxy groups -OCH3 is 3. The van der Waals surface area contributed by atoms with Gasteiger partial charge >= 0.3 is 178 Å². The summed E-state index contributed by atoms with van der Waals surface area (Å²) in [6.45, 7) is 4.65. The van der Waals surface area contributed by atoms with Gasteiger partial charge in [0.1, 0.15) is 0 Å². The molecule has 1 aliphatic rings. The molecule has 1 heterocycles. The van der Waals surface area contributed by atoms with Crippen molar-refractivity contribution >= 4 is 13.3 Å². The van der Waals surface area contributed by atoms with Crippen molar-refractivity contribution in [2.75, 3.05) is 61.0 Å². The Morgan fingerprint density at radius 1 is 0.867 bits per heavy atom. The van der Waals surface area contributed by atoms with Crippen molar-refractivity contribution < 1.29 is 37.1 Å². The van der Waals surface area contributed by atoms with Crippen LogP contribution in [0.4, 0.5) is 0 Å². The van der Waals surface area contributed by atoms with Crippen LogP contribution < -0.4 is 0 Å². The Balaban J connectivity index is 2.65. The van der Waals surface area contributed by atoms with E-state index in [2.05, 4.69) is 0 Å². The van der Waals surface area contributed by atoms with Gasteiger partial charge in [0, 0.05) is 0 Å². The minimum absolute atomic E-state index is 0.131. The first kappa shape index (κ1) is 24.9.